The third kappa shape index (κ3) is 1.91. The molecule has 0 aliphatic heterocycles. The fraction of sp³-hybridized carbons (Fsp3) is 0.0833. The average molecular weight is 258 g/mol. The first kappa shape index (κ1) is 11.0. The standard InChI is InChI=1S/C12H10N4OS/c1-7-10(13)14-6-15-11(7)18-12-16-8-4-2-3-5-9(8)17-12/h2-6H,1H3,(H2,13,14,15). The van der Waals surface area contributed by atoms with Crippen LogP contribution in [0, 0.1) is 6.92 Å². The number of para-hydroxylation sites is 2. The molecule has 90 valence electrons. The molecule has 0 radical (unpaired) electrons. The van der Waals surface area contributed by atoms with Gasteiger partial charge in [-0.15, -0.1) is 0 Å². The Kier molecular flexibility index (Phi) is 2.64. The summed E-state index contributed by atoms with van der Waals surface area (Å²) >= 11 is 1.35. The molecule has 0 spiro atoms. The van der Waals surface area contributed by atoms with Crippen molar-refractivity contribution in [2.75, 3.05) is 5.73 Å². The molecule has 0 saturated heterocycles. The summed E-state index contributed by atoms with van der Waals surface area (Å²) in [7, 11) is 0. The molecule has 0 atom stereocenters. The molecule has 1 aromatic carbocycles. The van der Waals surface area contributed by atoms with Crippen molar-refractivity contribution in [1.82, 2.24) is 15.0 Å². The van der Waals surface area contributed by atoms with Crippen molar-refractivity contribution in [3.05, 3.63) is 36.2 Å². The van der Waals surface area contributed by atoms with Crippen LogP contribution in [0.25, 0.3) is 11.1 Å². The molecule has 2 heterocycles. The fourth-order valence-electron chi connectivity index (χ4n) is 1.53. The number of nitrogen functional groups attached to an aromatic ring is 1. The summed E-state index contributed by atoms with van der Waals surface area (Å²) < 4.78 is 5.62. The molecule has 3 aromatic rings. The fourth-order valence-corrected chi connectivity index (χ4v) is 2.33. The van der Waals surface area contributed by atoms with Crippen LogP contribution in [0.2, 0.25) is 0 Å². The average Bonchev–Trinajstić information content (AvgIpc) is 2.77. The highest BCUT2D eigenvalue weighted by Gasteiger charge is 2.11. The molecule has 2 N–H and O–H groups in total. The van der Waals surface area contributed by atoms with Gasteiger partial charge in [-0.1, -0.05) is 12.1 Å². The molecular formula is C12H10N4OS. The number of aromatic nitrogens is 3. The zero-order valence-corrected chi connectivity index (χ0v) is 10.4. The number of nitrogens with two attached hydrogens (primary N) is 1. The third-order valence-corrected chi connectivity index (χ3v) is 3.49. The molecule has 0 aliphatic rings. The number of benzene rings is 1. The van der Waals surface area contributed by atoms with Crippen molar-refractivity contribution in [3.8, 4) is 0 Å². The Bertz CT molecular complexity index is 677. The van der Waals surface area contributed by atoms with Crippen molar-refractivity contribution >= 4 is 28.7 Å². The van der Waals surface area contributed by atoms with Crippen molar-refractivity contribution in [2.24, 2.45) is 0 Å². The Morgan fingerprint density at radius 1 is 1.22 bits per heavy atom. The number of nitrogens with zero attached hydrogens (tertiary/aromatic N) is 3. The van der Waals surface area contributed by atoms with Gasteiger partial charge in [-0.05, 0) is 30.8 Å². The molecule has 6 heteroatoms. The van der Waals surface area contributed by atoms with Crippen molar-refractivity contribution in [1.29, 1.82) is 0 Å². The quantitative estimate of drug-likeness (QED) is 0.712. The highest BCUT2D eigenvalue weighted by atomic mass is 32.2. The molecular weight excluding hydrogens is 248 g/mol. The lowest BCUT2D eigenvalue weighted by Gasteiger charge is -2.02. The van der Waals surface area contributed by atoms with Crippen LogP contribution in [-0.4, -0.2) is 15.0 Å². The lowest BCUT2D eigenvalue weighted by molar-refractivity contribution is 0.489. The zero-order chi connectivity index (χ0) is 12.5. The number of hydrogen-bond acceptors (Lipinski definition) is 6. The van der Waals surface area contributed by atoms with Gasteiger partial charge in [0.05, 0.1) is 0 Å². The summed E-state index contributed by atoms with van der Waals surface area (Å²) in [4.78, 5) is 12.5. The Balaban J connectivity index is 1.99. The largest absolute Gasteiger partial charge is 0.431 e. The van der Waals surface area contributed by atoms with E-state index in [1.165, 1.54) is 18.1 Å². The molecule has 18 heavy (non-hydrogen) atoms. The van der Waals surface area contributed by atoms with Crippen LogP contribution in [0.1, 0.15) is 5.56 Å². The van der Waals surface area contributed by atoms with Crippen molar-refractivity contribution < 1.29 is 4.42 Å². The van der Waals surface area contributed by atoms with Gasteiger partial charge in [0, 0.05) is 5.56 Å². The highest BCUT2D eigenvalue weighted by molar-refractivity contribution is 7.99. The van der Waals surface area contributed by atoms with E-state index in [9.17, 15) is 0 Å². The van der Waals surface area contributed by atoms with Gasteiger partial charge >= 0.3 is 0 Å². The van der Waals surface area contributed by atoms with Gasteiger partial charge in [0.1, 0.15) is 22.7 Å². The first-order chi connectivity index (χ1) is 8.74. The van der Waals surface area contributed by atoms with E-state index in [1.54, 1.807) is 0 Å². The molecule has 0 fully saturated rings. The smallest absolute Gasteiger partial charge is 0.263 e. The number of anilines is 1. The van der Waals surface area contributed by atoms with E-state index >= 15 is 0 Å². The number of hydrogen-bond donors (Lipinski definition) is 1. The number of rotatable bonds is 2. The number of oxazole rings is 1. The molecule has 5 nitrogen and oxygen atoms in total. The van der Waals surface area contributed by atoms with Crippen LogP contribution in [0.3, 0.4) is 0 Å². The minimum absolute atomic E-state index is 0.476. The Hall–Kier alpha value is -2.08. The molecule has 0 saturated carbocycles. The monoisotopic (exact) mass is 258 g/mol. The third-order valence-electron chi connectivity index (χ3n) is 2.54. The molecule has 2 aromatic heterocycles. The lowest BCUT2D eigenvalue weighted by atomic mass is 10.3. The van der Waals surface area contributed by atoms with E-state index in [1.807, 2.05) is 31.2 Å². The summed E-state index contributed by atoms with van der Waals surface area (Å²) in [6.45, 7) is 1.88. The molecule has 0 unspecified atom stereocenters. The van der Waals surface area contributed by atoms with Crippen molar-refractivity contribution in [3.63, 3.8) is 0 Å². The second-order valence-electron chi connectivity index (χ2n) is 3.74. The van der Waals surface area contributed by atoms with Gasteiger partial charge in [0.2, 0.25) is 0 Å². The first-order valence-electron chi connectivity index (χ1n) is 5.34. The van der Waals surface area contributed by atoms with Gasteiger partial charge in [-0.2, -0.15) is 0 Å². The summed E-state index contributed by atoms with van der Waals surface area (Å²) in [6.07, 6.45) is 1.44. The van der Waals surface area contributed by atoms with Crippen LogP contribution in [-0.2, 0) is 0 Å². The van der Waals surface area contributed by atoms with E-state index in [2.05, 4.69) is 15.0 Å². The van der Waals surface area contributed by atoms with E-state index in [-0.39, 0.29) is 0 Å². The summed E-state index contributed by atoms with van der Waals surface area (Å²) in [6, 6.07) is 7.63. The Morgan fingerprint density at radius 2 is 2.06 bits per heavy atom. The van der Waals surface area contributed by atoms with Gasteiger partial charge in [0.15, 0.2) is 5.58 Å². The van der Waals surface area contributed by atoms with E-state index in [0.717, 1.165) is 21.7 Å². The Labute approximate surface area is 107 Å². The number of fused-ring (bicyclic) bond motifs is 1. The van der Waals surface area contributed by atoms with E-state index in [0.29, 0.717) is 11.0 Å². The lowest BCUT2D eigenvalue weighted by Crippen LogP contribution is -1.97. The van der Waals surface area contributed by atoms with Gasteiger partial charge in [-0.3, -0.25) is 0 Å². The van der Waals surface area contributed by atoms with Crippen LogP contribution in [0.15, 0.2) is 45.3 Å². The first-order valence-corrected chi connectivity index (χ1v) is 6.16. The van der Waals surface area contributed by atoms with Crippen LogP contribution in [0.5, 0.6) is 0 Å². The second kappa shape index (κ2) is 4.30. The normalized spacial score (nSPS) is 10.9. The predicted molar refractivity (Wildman–Crippen MR) is 69.3 cm³/mol. The molecule has 0 aliphatic carbocycles. The summed E-state index contributed by atoms with van der Waals surface area (Å²) in [5, 5.41) is 1.31. The molecule has 0 amide bonds. The maximum absolute atomic E-state index is 5.73. The predicted octanol–water partition coefficient (Wildman–Crippen LogP) is 2.66. The minimum atomic E-state index is 0.476. The summed E-state index contributed by atoms with van der Waals surface area (Å²) in [5.74, 6) is 0.476. The zero-order valence-electron chi connectivity index (χ0n) is 9.62. The maximum Gasteiger partial charge on any atom is 0.263 e. The van der Waals surface area contributed by atoms with Gasteiger partial charge in [0.25, 0.3) is 5.22 Å². The Morgan fingerprint density at radius 3 is 2.89 bits per heavy atom. The minimum Gasteiger partial charge on any atom is -0.431 e. The van der Waals surface area contributed by atoms with Crippen LogP contribution in [0.4, 0.5) is 5.82 Å². The topological polar surface area (TPSA) is 77.8 Å². The van der Waals surface area contributed by atoms with E-state index < -0.39 is 0 Å². The van der Waals surface area contributed by atoms with Crippen LogP contribution < -0.4 is 5.73 Å². The SMILES string of the molecule is Cc1c(N)ncnc1Sc1nc2ccccc2o1. The van der Waals surface area contributed by atoms with Gasteiger partial charge < -0.3 is 10.2 Å². The molecule has 0 bridgehead atoms. The van der Waals surface area contributed by atoms with Crippen LogP contribution >= 0.6 is 11.8 Å². The summed E-state index contributed by atoms with van der Waals surface area (Å²) in [5.41, 5.74) is 8.17. The van der Waals surface area contributed by atoms with Gasteiger partial charge in [-0.25, -0.2) is 15.0 Å². The van der Waals surface area contributed by atoms with Crippen molar-refractivity contribution in [2.45, 2.75) is 17.2 Å². The highest BCUT2D eigenvalue weighted by Crippen LogP contribution is 2.31. The maximum atomic E-state index is 5.73. The molecule has 3 rings (SSSR count). The second-order valence-corrected chi connectivity index (χ2v) is 4.68. The van der Waals surface area contributed by atoms with E-state index in [4.69, 9.17) is 10.2 Å².